The molecule has 1 fully saturated rings. The molecule has 0 unspecified atom stereocenters. The second-order valence-electron chi connectivity index (χ2n) is 6.17. The van der Waals surface area contributed by atoms with Crippen molar-refractivity contribution in [3.8, 4) is 0 Å². The number of hydrogen-bond acceptors (Lipinski definition) is 4. The molecule has 1 saturated carbocycles. The maximum Gasteiger partial charge on any atom is 0.309 e. The zero-order chi connectivity index (χ0) is 15.0. The minimum Gasteiger partial charge on any atom is -0.469 e. The fraction of sp³-hybridized carbons (Fsp3) is 0.600. The van der Waals surface area contributed by atoms with Crippen molar-refractivity contribution in [1.29, 1.82) is 0 Å². The van der Waals surface area contributed by atoms with Gasteiger partial charge in [0, 0.05) is 10.7 Å². The summed E-state index contributed by atoms with van der Waals surface area (Å²) in [6.45, 7) is 4.00. The van der Waals surface area contributed by atoms with Gasteiger partial charge in [0.05, 0.1) is 18.7 Å². The van der Waals surface area contributed by atoms with Gasteiger partial charge < -0.3 is 9.84 Å². The van der Waals surface area contributed by atoms with Crippen LogP contribution in [-0.2, 0) is 15.1 Å². The van der Waals surface area contributed by atoms with E-state index in [1.54, 1.807) is 6.20 Å². The number of aromatic nitrogens is 1. The Bertz CT molecular complexity index is 500. The predicted octanol–water partition coefficient (Wildman–Crippen LogP) is 3.03. The van der Waals surface area contributed by atoms with Crippen molar-refractivity contribution in [2.24, 2.45) is 11.3 Å². The van der Waals surface area contributed by atoms with Crippen LogP contribution in [-0.4, -0.2) is 23.2 Å². The van der Waals surface area contributed by atoms with Crippen molar-refractivity contribution in [3.05, 3.63) is 28.5 Å². The monoisotopic (exact) mass is 341 g/mol. The highest BCUT2D eigenvalue weighted by Crippen LogP contribution is 2.49. The molecule has 0 radical (unpaired) electrons. The fourth-order valence-electron chi connectivity index (χ4n) is 3.19. The Morgan fingerprint density at radius 2 is 2.20 bits per heavy atom. The van der Waals surface area contributed by atoms with E-state index in [4.69, 9.17) is 4.74 Å². The number of pyridine rings is 1. The van der Waals surface area contributed by atoms with Crippen LogP contribution in [0.15, 0.2) is 22.8 Å². The molecule has 0 amide bonds. The second-order valence-corrected chi connectivity index (χ2v) is 7.09. The lowest BCUT2D eigenvalue weighted by Crippen LogP contribution is -2.45. The Balaban J connectivity index is 2.25. The van der Waals surface area contributed by atoms with Crippen LogP contribution in [0.5, 0.6) is 0 Å². The molecule has 1 aromatic heterocycles. The van der Waals surface area contributed by atoms with Crippen LogP contribution in [0.25, 0.3) is 0 Å². The van der Waals surface area contributed by atoms with Crippen LogP contribution in [0, 0.1) is 11.3 Å². The summed E-state index contributed by atoms with van der Waals surface area (Å²) in [4.78, 5) is 16.2. The smallest absolute Gasteiger partial charge is 0.309 e. The number of halogens is 1. The number of methoxy groups -OCH3 is 1. The van der Waals surface area contributed by atoms with Gasteiger partial charge in [0.15, 0.2) is 0 Å². The minimum atomic E-state index is -0.977. The van der Waals surface area contributed by atoms with Gasteiger partial charge in [-0.1, -0.05) is 13.8 Å². The maximum absolute atomic E-state index is 11.8. The summed E-state index contributed by atoms with van der Waals surface area (Å²) in [5.41, 5.74) is -0.638. The summed E-state index contributed by atoms with van der Waals surface area (Å²) in [7, 11) is 1.41. The predicted molar refractivity (Wildman–Crippen MR) is 79.0 cm³/mol. The highest BCUT2D eigenvalue weighted by atomic mass is 79.9. The molecule has 2 rings (SSSR count). The van der Waals surface area contributed by atoms with Crippen LogP contribution in [0.3, 0.4) is 0 Å². The van der Waals surface area contributed by atoms with Gasteiger partial charge in [-0.15, -0.1) is 0 Å². The Morgan fingerprint density at radius 3 is 2.70 bits per heavy atom. The first kappa shape index (κ1) is 15.4. The van der Waals surface area contributed by atoms with Gasteiger partial charge in [0.25, 0.3) is 0 Å². The van der Waals surface area contributed by atoms with E-state index in [9.17, 15) is 9.90 Å². The highest BCUT2D eigenvalue weighted by Gasteiger charge is 2.48. The van der Waals surface area contributed by atoms with Crippen molar-refractivity contribution < 1.29 is 14.6 Å². The number of esters is 1. The summed E-state index contributed by atoms with van der Waals surface area (Å²) in [5, 5.41) is 10.9. The molecule has 5 heteroatoms. The van der Waals surface area contributed by atoms with Crippen molar-refractivity contribution in [3.63, 3.8) is 0 Å². The zero-order valence-corrected chi connectivity index (χ0v) is 13.6. The van der Waals surface area contributed by atoms with E-state index in [0.29, 0.717) is 25.0 Å². The van der Waals surface area contributed by atoms with E-state index in [1.165, 1.54) is 7.11 Å². The summed E-state index contributed by atoms with van der Waals surface area (Å²) >= 11 is 3.34. The van der Waals surface area contributed by atoms with Gasteiger partial charge >= 0.3 is 5.97 Å². The van der Waals surface area contributed by atoms with Gasteiger partial charge in [0.1, 0.15) is 5.60 Å². The quantitative estimate of drug-likeness (QED) is 0.840. The molecule has 1 N–H and O–H groups in total. The van der Waals surface area contributed by atoms with E-state index in [-0.39, 0.29) is 17.3 Å². The fourth-order valence-corrected chi connectivity index (χ4v) is 3.42. The first-order valence-electron chi connectivity index (χ1n) is 6.71. The maximum atomic E-state index is 11.8. The van der Waals surface area contributed by atoms with Crippen molar-refractivity contribution in [1.82, 2.24) is 4.98 Å². The Morgan fingerprint density at radius 1 is 1.50 bits per heavy atom. The lowest BCUT2D eigenvalue weighted by Gasteiger charge is -2.45. The summed E-state index contributed by atoms with van der Waals surface area (Å²) < 4.78 is 5.75. The lowest BCUT2D eigenvalue weighted by molar-refractivity contribution is -0.158. The molecule has 0 saturated heterocycles. The van der Waals surface area contributed by atoms with Crippen molar-refractivity contribution >= 4 is 21.9 Å². The van der Waals surface area contributed by atoms with E-state index in [1.807, 2.05) is 26.0 Å². The molecule has 110 valence electrons. The molecule has 1 heterocycles. The molecule has 0 aromatic carbocycles. The topological polar surface area (TPSA) is 59.4 Å². The summed E-state index contributed by atoms with van der Waals surface area (Å²) in [5.74, 6) is -0.371. The Labute approximate surface area is 127 Å². The van der Waals surface area contributed by atoms with E-state index >= 15 is 0 Å². The molecule has 1 aliphatic carbocycles. The van der Waals surface area contributed by atoms with Crippen LogP contribution >= 0.6 is 15.9 Å². The van der Waals surface area contributed by atoms with Crippen LogP contribution in [0.4, 0.5) is 0 Å². The van der Waals surface area contributed by atoms with Gasteiger partial charge in [-0.05, 0) is 52.7 Å². The van der Waals surface area contributed by atoms with Crippen molar-refractivity contribution in [2.45, 2.75) is 38.7 Å². The number of hydrogen-bond donors (Lipinski definition) is 1. The van der Waals surface area contributed by atoms with Crippen molar-refractivity contribution in [2.75, 3.05) is 7.11 Å². The summed E-state index contributed by atoms with van der Waals surface area (Å²) in [6, 6.07) is 3.71. The lowest BCUT2D eigenvalue weighted by atomic mass is 9.62. The molecule has 0 aliphatic heterocycles. The van der Waals surface area contributed by atoms with Gasteiger partial charge in [-0.3, -0.25) is 9.78 Å². The normalized spacial score (nSPS) is 28.9. The molecule has 1 aromatic rings. The van der Waals surface area contributed by atoms with Crippen LogP contribution < -0.4 is 0 Å². The molecular weight excluding hydrogens is 322 g/mol. The Hall–Kier alpha value is -0.940. The first-order chi connectivity index (χ1) is 9.28. The SMILES string of the molecule is COC(=O)[C@@H]1CC[C@](O)(c2ccc(Br)cn2)CC1(C)C. The number of nitrogens with zero attached hydrogens (tertiary/aromatic N) is 1. The van der Waals surface area contributed by atoms with E-state index in [0.717, 1.165) is 4.47 Å². The second kappa shape index (κ2) is 5.45. The summed E-state index contributed by atoms with van der Waals surface area (Å²) in [6.07, 6.45) is 3.31. The van der Waals surface area contributed by atoms with Gasteiger partial charge in [-0.2, -0.15) is 0 Å². The number of carbonyl (C=O) groups excluding carboxylic acids is 1. The minimum absolute atomic E-state index is 0.178. The molecule has 4 nitrogen and oxygen atoms in total. The van der Waals surface area contributed by atoms with Crippen LogP contribution in [0.2, 0.25) is 0 Å². The molecule has 20 heavy (non-hydrogen) atoms. The molecule has 0 spiro atoms. The third-order valence-corrected chi connectivity index (χ3v) is 4.70. The molecular formula is C15H20BrNO3. The largest absolute Gasteiger partial charge is 0.469 e. The standard InChI is InChI=1S/C15H20BrNO3/c1-14(2)9-15(19,7-6-11(14)13(18)20-3)12-5-4-10(16)8-17-12/h4-5,8,11,19H,6-7,9H2,1-3H3/t11-,15+/m0/s1. The number of aliphatic hydroxyl groups is 1. The third kappa shape index (κ3) is 2.88. The number of ether oxygens (including phenoxy) is 1. The molecule has 2 atom stereocenters. The molecule has 0 bridgehead atoms. The number of carbonyl (C=O) groups is 1. The third-order valence-electron chi connectivity index (χ3n) is 4.23. The first-order valence-corrected chi connectivity index (χ1v) is 7.50. The average molecular weight is 342 g/mol. The van der Waals surface area contributed by atoms with Gasteiger partial charge in [0.2, 0.25) is 0 Å². The van der Waals surface area contributed by atoms with Gasteiger partial charge in [-0.25, -0.2) is 0 Å². The van der Waals surface area contributed by atoms with Crippen LogP contribution in [0.1, 0.15) is 38.8 Å². The average Bonchev–Trinajstić information content (AvgIpc) is 2.37. The highest BCUT2D eigenvalue weighted by molar-refractivity contribution is 9.10. The zero-order valence-electron chi connectivity index (χ0n) is 12.0. The van der Waals surface area contributed by atoms with E-state index in [2.05, 4.69) is 20.9 Å². The molecule has 1 aliphatic rings. The van der Waals surface area contributed by atoms with E-state index < -0.39 is 5.60 Å². The number of rotatable bonds is 2. The Kier molecular flexibility index (Phi) is 4.21.